The van der Waals surface area contributed by atoms with E-state index < -0.39 is 0 Å². The van der Waals surface area contributed by atoms with Gasteiger partial charge in [0.2, 0.25) is 0 Å². The molecular weight excluding hydrogens is 164 g/mol. The molecule has 1 aliphatic rings. The quantitative estimate of drug-likeness (QED) is 0.579. The van der Waals surface area contributed by atoms with E-state index in [1.165, 1.54) is 0 Å². The molecule has 3 nitrogen and oxygen atoms in total. The number of hydrogen-bond donors (Lipinski definition) is 0. The summed E-state index contributed by atoms with van der Waals surface area (Å²) in [6, 6.07) is 7.67. The van der Waals surface area contributed by atoms with Crippen LogP contribution in [-0.4, -0.2) is 25.7 Å². The number of carbonyl (C=O) groups is 1. The Kier molecular flexibility index (Phi) is 1.65. The van der Waals surface area contributed by atoms with Crippen molar-refractivity contribution >= 4 is 17.3 Å². The summed E-state index contributed by atoms with van der Waals surface area (Å²) in [5, 5.41) is 0. The first-order valence-electron chi connectivity index (χ1n) is 4.10. The van der Waals surface area contributed by atoms with E-state index in [-0.39, 0.29) is 5.91 Å². The van der Waals surface area contributed by atoms with Crippen LogP contribution in [0.1, 0.15) is 5.56 Å². The number of amides is 1. The lowest BCUT2D eigenvalue weighted by atomic mass is 10.1. The number of benzene rings is 1. The molecular formula is C10H10N2O. The highest BCUT2D eigenvalue weighted by Gasteiger charge is 2.29. The first kappa shape index (κ1) is 7.98. The lowest BCUT2D eigenvalue weighted by Crippen LogP contribution is -2.25. The van der Waals surface area contributed by atoms with E-state index in [1.807, 2.05) is 24.3 Å². The predicted molar refractivity (Wildman–Crippen MR) is 52.3 cm³/mol. The Morgan fingerprint density at radius 2 is 2.00 bits per heavy atom. The minimum atomic E-state index is -0.0244. The third-order valence-corrected chi connectivity index (χ3v) is 2.25. The fourth-order valence-corrected chi connectivity index (χ4v) is 1.57. The molecule has 1 aliphatic heterocycles. The monoisotopic (exact) mass is 174 g/mol. The average Bonchev–Trinajstić information content (AvgIpc) is 2.41. The maximum Gasteiger partial charge on any atom is 0.276 e. The van der Waals surface area contributed by atoms with Crippen molar-refractivity contribution in [3.8, 4) is 0 Å². The van der Waals surface area contributed by atoms with E-state index in [2.05, 4.69) is 4.99 Å². The Balaban J connectivity index is 2.67. The zero-order valence-corrected chi connectivity index (χ0v) is 7.61. The molecule has 1 aromatic carbocycles. The van der Waals surface area contributed by atoms with Gasteiger partial charge in [0.1, 0.15) is 5.71 Å². The summed E-state index contributed by atoms with van der Waals surface area (Å²) in [6.07, 6.45) is 0. The van der Waals surface area contributed by atoms with Crippen molar-refractivity contribution in [3.05, 3.63) is 29.8 Å². The van der Waals surface area contributed by atoms with E-state index >= 15 is 0 Å². The number of aliphatic imine (C=N–C) groups is 1. The summed E-state index contributed by atoms with van der Waals surface area (Å²) in [7, 11) is 3.41. The van der Waals surface area contributed by atoms with Crippen molar-refractivity contribution in [1.82, 2.24) is 0 Å². The smallest absolute Gasteiger partial charge is 0.276 e. The largest absolute Gasteiger partial charge is 0.309 e. The van der Waals surface area contributed by atoms with Gasteiger partial charge in [0.05, 0.1) is 5.69 Å². The third kappa shape index (κ3) is 0.967. The van der Waals surface area contributed by atoms with Gasteiger partial charge in [-0.2, -0.15) is 0 Å². The highest BCUT2D eigenvalue weighted by Crippen LogP contribution is 2.27. The Labute approximate surface area is 76.7 Å². The van der Waals surface area contributed by atoms with Crippen LogP contribution in [0.15, 0.2) is 29.3 Å². The minimum absolute atomic E-state index is 0.0244. The molecule has 2 rings (SSSR count). The second kappa shape index (κ2) is 2.69. The second-order valence-corrected chi connectivity index (χ2v) is 2.95. The predicted octanol–water partition coefficient (Wildman–Crippen LogP) is 1.08. The zero-order valence-electron chi connectivity index (χ0n) is 7.61. The van der Waals surface area contributed by atoms with Gasteiger partial charge in [-0.1, -0.05) is 18.2 Å². The highest BCUT2D eigenvalue weighted by atomic mass is 16.2. The van der Waals surface area contributed by atoms with E-state index in [0.717, 1.165) is 11.3 Å². The van der Waals surface area contributed by atoms with E-state index in [4.69, 9.17) is 0 Å². The number of likely N-dealkylation sites (N-methyl/N-ethyl adjacent to an activating group) is 1. The summed E-state index contributed by atoms with van der Waals surface area (Å²) < 4.78 is 0. The highest BCUT2D eigenvalue weighted by molar-refractivity contribution is 6.54. The van der Waals surface area contributed by atoms with Crippen LogP contribution in [0.4, 0.5) is 5.69 Å². The molecule has 1 heterocycles. The Bertz CT molecular complexity index is 396. The van der Waals surface area contributed by atoms with Crippen LogP contribution in [-0.2, 0) is 4.79 Å². The first-order valence-corrected chi connectivity index (χ1v) is 4.10. The van der Waals surface area contributed by atoms with Crippen LogP contribution in [0.5, 0.6) is 0 Å². The summed E-state index contributed by atoms with van der Waals surface area (Å²) in [4.78, 5) is 17.2. The maximum atomic E-state index is 11.6. The van der Waals surface area contributed by atoms with Gasteiger partial charge in [-0.15, -0.1) is 0 Å². The van der Waals surface area contributed by atoms with Gasteiger partial charge in [-0.05, 0) is 6.07 Å². The van der Waals surface area contributed by atoms with Crippen LogP contribution < -0.4 is 4.90 Å². The third-order valence-electron chi connectivity index (χ3n) is 2.25. The minimum Gasteiger partial charge on any atom is -0.309 e. The van der Waals surface area contributed by atoms with Gasteiger partial charge in [0, 0.05) is 19.7 Å². The van der Waals surface area contributed by atoms with Gasteiger partial charge in [-0.3, -0.25) is 9.79 Å². The van der Waals surface area contributed by atoms with Crippen molar-refractivity contribution in [1.29, 1.82) is 0 Å². The molecule has 1 amide bonds. The van der Waals surface area contributed by atoms with Gasteiger partial charge < -0.3 is 4.90 Å². The number of hydrogen-bond acceptors (Lipinski definition) is 2. The number of carbonyl (C=O) groups excluding carboxylic acids is 1. The fourth-order valence-electron chi connectivity index (χ4n) is 1.57. The van der Waals surface area contributed by atoms with Crippen LogP contribution in [0.3, 0.4) is 0 Å². The summed E-state index contributed by atoms with van der Waals surface area (Å²) in [6.45, 7) is 0. The second-order valence-electron chi connectivity index (χ2n) is 2.95. The van der Waals surface area contributed by atoms with Gasteiger partial charge >= 0.3 is 0 Å². The molecule has 0 fully saturated rings. The summed E-state index contributed by atoms with van der Waals surface area (Å²) in [5.74, 6) is -0.0244. The fraction of sp³-hybridized carbons (Fsp3) is 0.200. The SMILES string of the molecule is CN=C1C(=O)N(C)c2ccccc21. The molecule has 0 saturated heterocycles. The molecule has 0 N–H and O–H groups in total. The van der Waals surface area contributed by atoms with Crippen LogP contribution in [0.25, 0.3) is 0 Å². The van der Waals surface area contributed by atoms with E-state index in [1.54, 1.807) is 19.0 Å². The molecule has 0 unspecified atom stereocenters. The van der Waals surface area contributed by atoms with Crippen LogP contribution in [0, 0.1) is 0 Å². The van der Waals surface area contributed by atoms with Gasteiger partial charge in [0.25, 0.3) is 5.91 Å². The van der Waals surface area contributed by atoms with Crippen molar-refractivity contribution in [2.45, 2.75) is 0 Å². The van der Waals surface area contributed by atoms with Crippen LogP contribution >= 0.6 is 0 Å². The maximum absolute atomic E-state index is 11.6. The van der Waals surface area contributed by atoms with Gasteiger partial charge in [0.15, 0.2) is 0 Å². The summed E-state index contributed by atoms with van der Waals surface area (Å²) in [5.41, 5.74) is 2.42. The molecule has 0 aliphatic carbocycles. The molecule has 3 heteroatoms. The number of nitrogens with zero attached hydrogens (tertiary/aromatic N) is 2. The standard InChI is InChI=1S/C10H10N2O/c1-11-9-7-5-3-4-6-8(7)12(2)10(9)13/h3-6H,1-2H3. The molecule has 0 spiro atoms. The lowest BCUT2D eigenvalue weighted by Gasteiger charge is -2.07. The molecule has 0 atom stereocenters. The number of fused-ring (bicyclic) bond motifs is 1. The number of rotatable bonds is 0. The van der Waals surface area contributed by atoms with E-state index in [9.17, 15) is 4.79 Å². The molecule has 1 aromatic rings. The van der Waals surface area contributed by atoms with Crippen molar-refractivity contribution in [3.63, 3.8) is 0 Å². The molecule has 0 bridgehead atoms. The Morgan fingerprint density at radius 1 is 1.31 bits per heavy atom. The lowest BCUT2D eigenvalue weighted by molar-refractivity contribution is -0.111. The average molecular weight is 174 g/mol. The van der Waals surface area contributed by atoms with Crippen molar-refractivity contribution in [2.24, 2.45) is 4.99 Å². The molecule has 0 aromatic heterocycles. The van der Waals surface area contributed by atoms with Crippen LogP contribution in [0.2, 0.25) is 0 Å². The Hall–Kier alpha value is -1.64. The zero-order chi connectivity index (χ0) is 9.42. The molecule has 0 saturated carbocycles. The van der Waals surface area contributed by atoms with E-state index in [0.29, 0.717) is 5.71 Å². The molecule has 0 radical (unpaired) electrons. The molecule has 13 heavy (non-hydrogen) atoms. The van der Waals surface area contributed by atoms with Crippen molar-refractivity contribution < 1.29 is 4.79 Å². The van der Waals surface area contributed by atoms with Gasteiger partial charge in [-0.25, -0.2) is 0 Å². The molecule has 66 valence electrons. The summed E-state index contributed by atoms with van der Waals surface area (Å²) >= 11 is 0. The number of para-hydroxylation sites is 1. The number of anilines is 1. The van der Waals surface area contributed by atoms with Crippen molar-refractivity contribution in [2.75, 3.05) is 19.0 Å². The first-order chi connectivity index (χ1) is 6.25. The topological polar surface area (TPSA) is 32.7 Å². The Morgan fingerprint density at radius 3 is 2.69 bits per heavy atom. The normalized spacial score (nSPS) is 18.2.